The van der Waals surface area contributed by atoms with Gasteiger partial charge in [0.1, 0.15) is 6.61 Å². The summed E-state index contributed by atoms with van der Waals surface area (Å²) in [5.74, 6) is 0. The molecule has 0 amide bonds. The first-order chi connectivity index (χ1) is 5.29. The molecule has 1 rings (SSSR count). The number of benzene rings is 1. The van der Waals surface area contributed by atoms with Crippen molar-refractivity contribution in [2.24, 2.45) is 0 Å². The Labute approximate surface area is 73.3 Å². The summed E-state index contributed by atoms with van der Waals surface area (Å²) < 4.78 is 4.71. The van der Waals surface area contributed by atoms with E-state index in [1.807, 2.05) is 30.3 Å². The topological polar surface area (TPSA) is 26.3 Å². The quantitative estimate of drug-likeness (QED) is 0.709. The van der Waals surface area contributed by atoms with Crippen molar-refractivity contribution in [1.82, 2.24) is 0 Å². The van der Waals surface area contributed by atoms with Crippen molar-refractivity contribution in [3.8, 4) is 0 Å². The number of carbonyl (C=O) groups excluding carboxylic acids is 1. The molecule has 0 aliphatic carbocycles. The number of carbonyl (C=O) groups is 1. The molecule has 11 heavy (non-hydrogen) atoms. The van der Waals surface area contributed by atoms with E-state index in [2.05, 4.69) is 15.9 Å². The summed E-state index contributed by atoms with van der Waals surface area (Å²) in [6, 6.07) is 9.51. The molecule has 0 aliphatic heterocycles. The van der Waals surface area contributed by atoms with Crippen molar-refractivity contribution < 1.29 is 9.53 Å². The molecular weight excluding hydrogens is 208 g/mol. The molecule has 0 unspecified atom stereocenters. The molecule has 0 aliphatic rings. The van der Waals surface area contributed by atoms with Crippen LogP contribution in [0.4, 0.5) is 4.79 Å². The second-order valence-corrected chi connectivity index (χ2v) is 2.66. The van der Waals surface area contributed by atoms with E-state index in [1.165, 1.54) is 0 Å². The zero-order valence-electron chi connectivity index (χ0n) is 5.79. The predicted molar refractivity (Wildman–Crippen MR) is 45.6 cm³/mol. The highest BCUT2D eigenvalue weighted by Gasteiger charge is 1.94. The van der Waals surface area contributed by atoms with Crippen molar-refractivity contribution >= 4 is 20.8 Å². The lowest BCUT2D eigenvalue weighted by molar-refractivity contribution is 0.170. The largest absolute Gasteiger partial charge is 0.452 e. The molecule has 0 N–H and O–H groups in total. The van der Waals surface area contributed by atoms with Gasteiger partial charge in [-0.3, -0.25) is 0 Å². The Hall–Kier alpha value is -0.830. The van der Waals surface area contributed by atoms with Crippen LogP contribution in [0.25, 0.3) is 0 Å². The summed E-state index contributed by atoms with van der Waals surface area (Å²) in [7, 11) is 0. The van der Waals surface area contributed by atoms with E-state index in [0.717, 1.165) is 5.56 Å². The number of halogens is 1. The van der Waals surface area contributed by atoms with Crippen molar-refractivity contribution in [3.63, 3.8) is 0 Å². The summed E-state index contributed by atoms with van der Waals surface area (Å²) in [4.78, 5) is 9.88. The second-order valence-electron chi connectivity index (χ2n) is 2.01. The van der Waals surface area contributed by atoms with Crippen LogP contribution in [-0.2, 0) is 11.3 Å². The maximum absolute atomic E-state index is 10.3. The van der Waals surface area contributed by atoms with Gasteiger partial charge in [-0.25, -0.2) is 4.79 Å². The second kappa shape index (κ2) is 4.13. The normalized spacial score (nSPS) is 9.18. The molecular formula is C8H7BrO2. The summed E-state index contributed by atoms with van der Waals surface area (Å²) in [5.41, 5.74) is 0.986. The molecule has 3 heteroatoms. The lowest BCUT2D eigenvalue weighted by atomic mass is 10.2. The molecule has 2 nitrogen and oxygen atoms in total. The van der Waals surface area contributed by atoms with Crippen LogP contribution in [0.15, 0.2) is 30.3 Å². The maximum atomic E-state index is 10.3. The minimum absolute atomic E-state index is 0.324. The van der Waals surface area contributed by atoms with Gasteiger partial charge in [0, 0.05) is 15.9 Å². The van der Waals surface area contributed by atoms with Crippen LogP contribution in [0.5, 0.6) is 0 Å². The Morgan fingerprint density at radius 1 is 1.36 bits per heavy atom. The first kappa shape index (κ1) is 8.27. The Morgan fingerprint density at radius 2 is 2.00 bits per heavy atom. The van der Waals surface area contributed by atoms with Crippen LogP contribution in [0.2, 0.25) is 0 Å². The average Bonchev–Trinajstić information content (AvgIpc) is 2.03. The van der Waals surface area contributed by atoms with Crippen LogP contribution < -0.4 is 0 Å². The molecule has 0 atom stereocenters. The number of ether oxygens (including phenoxy) is 1. The van der Waals surface area contributed by atoms with Gasteiger partial charge in [0.2, 0.25) is 0 Å². The zero-order valence-corrected chi connectivity index (χ0v) is 7.37. The van der Waals surface area contributed by atoms with Gasteiger partial charge in [-0.1, -0.05) is 30.3 Å². The molecule has 0 saturated heterocycles. The Morgan fingerprint density at radius 3 is 2.55 bits per heavy atom. The molecule has 58 valence electrons. The van der Waals surface area contributed by atoms with Gasteiger partial charge in [0.05, 0.1) is 0 Å². The highest BCUT2D eigenvalue weighted by molar-refractivity contribution is 9.18. The first-order valence-corrected chi connectivity index (χ1v) is 3.94. The molecule has 0 radical (unpaired) electrons. The van der Waals surface area contributed by atoms with E-state index in [1.54, 1.807) is 0 Å². The third kappa shape index (κ3) is 3.18. The summed E-state index contributed by atoms with van der Waals surface area (Å²) in [6.07, 6.45) is 0. The highest BCUT2D eigenvalue weighted by atomic mass is 79.9. The molecule has 0 heterocycles. The van der Waals surface area contributed by atoms with Crippen molar-refractivity contribution in [3.05, 3.63) is 35.9 Å². The van der Waals surface area contributed by atoms with Gasteiger partial charge in [-0.15, -0.1) is 0 Å². The smallest absolute Gasteiger partial charge is 0.374 e. The van der Waals surface area contributed by atoms with Gasteiger partial charge >= 0.3 is 4.88 Å². The van der Waals surface area contributed by atoms with Gasteiger partial charge in [0.25, 0.3) is 0 Å². The van der Waals surface area contributed by atoms with Crippen molar-refractivity contribution in [1.29, 1.82) is 0 Å². The van der Waals surface area contributed by atoms with Gasteiger partial charge in [0.15, 0.2) is 0 Å². The van der Waals surface area contributed by atoms with Gasteiger partial charge in [-0.2, -0.15) is 0 Å². The Balaban J connectivity index is 2.45. The van der Waals surface area contributed by atoms with E-state index in [4.69, 9.17) is 4.74 Å². The molecule has 0 saturated carbocycles. The number of rotatable bonds is 2. The van der Waals surface area contributed by atoms with Gasteiger partial charge < -0.3 is 4.74 Å². The fourth-order valence-electron chi connectivity index (χ4n) is 0.714. The standard InChI is InChI=1S/C8H7BrO2/c9-8(10)11-6-7-4-2-1-3-5-7/h1-5H,6H2. The maximum Gasteiger partial charge on any atom is 0.374 e. The molecule has 0 spiro atoms. The lowest BCUT2D eigenvalue weighted by Crippen LogP contribution is -1.93. The van der Waals surface area contributed by atoms with Crippen molar-refractivity contribution in [2.75, 3.05) is 0 Å². The van der Waals surface area contributed by atoms with Crippen LogP contribution in [0.1, 0.15) is 5.56 Å². The Kier molecular flexibility index (Phi) is 3.11. The zero-order chi connectivity index (χ0) is 8.10. The predicted octanol–water partition coefficient (Wildman–Crippen LogP) is 2.72. The molecule has 0 fully saturated rings. The number of hydrogen-bond donors (Lipinski definition) is 0. The Bertz CT molecular complexity index is 233. The van der Waals surface area contributed by atoms with Crippen LogP contribution in [-0.4, -0.2) is 4.88 Å². The highest BCUT2D eigenvalue weighted by Crippen LogP contribution is 2.02. The van der Waals surface area contributed by atoms with E-state index in [-0.39, 0.29) is 0 Å². The minimum Gasteiger partial charge on any atom is -0.452 e. The van der Waals surface area contributed by atoms with Crippen LogP contribution in [0.3, 0.4) is 0 Å². The van der Waals surface area contributed by atoms with Crippen LogP contribution in [0, 0.1) is 0 Å². The van der Waals surface area contributed by atoms with E-state index in [9.17, 15) is 4.79 Å². The van der Waals surface area contributed by atoms with E-state index < -0.39 is 4.88 Å². The van der Waals surface area contributed by atoms with E-state index in [0.29, 0.717) is 6.61 Å². The first-order valence-electron chi connectivity index (χ1n) is 3.15. The molecule has 1 aromatic rings. The lowest BCUT2D eigenvalue weighted by Gasteiger charge is -1.98. The molecule has 0 bridgehead atoms. The van der Waals surface area contributed by atoms with Crippen molar-refractivity contribution in [2.45, 2.75) is 6.61 Å². The summed E-state index contributed by atoms with van der Waals surface area (Å²) >= 11 is 2.67. The summed E-state index contributed by atoms with van der Waals surface area (Å²) in [6.45, 7) is 0.324. The average molecular weight is 215 g/mol. The molecule has 1 aromatic carbocycles. The SMILES string of the molecule is O=C(Br)OCc1ccccc1. The molecule has 0 aromatic heterocycles. The fraction of sp³-hybridized carbons (Fsp3) is 0.125. The van der Waals surface area contributed by atoms with E-state index >= 15 is 0 Å². The fourth-order valence-corrected chi connectivity index (χ4v) is 0.829. The summed E-state index contributed by atoms with van der Waals surface area (Å²) in [5, 5.41) is 0. The monoisotopic (exact) mass is 214 g/mol. The van der Waals surface area contributed by atoms with Crippen LogP contribution >= 0.6 is 15.9 Å². The third-order valence-corrected chi connectivity index (χ3v) is 1.42. The third-order valence-electron chi connectivity index (χ3n) is 1.20. The van der Waals surface area contributed by atoms with Gasteiger partial charge in [-0.05, 0) is 5.56 Å². The minimum atomic E-state index is -0.429. The number of hydrogen-bond acceptors (Lipinski definition) is 2.